The third-order valence-corrected chi connectivity index (χ3v) is 5.06. The van der Waals surface area contributed by atoms with Crippen molar-refractivity contribution >= 4 is 5.95 Å². The molecule has 1 aliphatic rings. The fraction of sp³-hybridized carbons (Fsp3) is 0.273. The van der Waals surface area contributed by atoms with E-state index in [1.807, 2.05) is 36.4 Å². The second kappa shape index (κ2) is 8.96. The van der Waals surface area contributed by atoms with Gasteiger partial charge in [-0.05, 0) is 30.3 Å². The highest BCUT2D eigenvalue weighted by Gasteiger charge is 2.44. The summed E-state index contributed by atoms with van der Waals surface area (Å²) >= 11 is 0. The quantitative estimate of drug-likeness (QED) is 0.395. The zero-order valence-electron chi connectivity index (χ0n) is 16.4. The first-order chi connectivity index (χ1) is 15.0. The van der Waals surface area contributed by atoms with Crippen molar-refractivity contribution in [2.24, 2.45) is 0 Å². The number of nitrogens with two attached hydrogens (primary N) is 1. The Kier molecular flexibility index (Phi) is 6.12. The van der Waals surface area contributed by atoms with Gasteiger partial charge in [-0.1, -0.05) is 30.3 Å². The topological polar surface area (TPSA) is 151 Å². The van der Waals surface area contributed by atoms with Gasteiger partial charge in [-0.25, -0.2) is 9.97 Å². The van der Waals surface area contributed by atoms with E-state index in [1.54, 1.807) is 24.3 Å². The van der Waals surface area contributed by atoms with Crippen LogP contribution in [0, 0.1) is 0 Å². The summed E-state index contributed by atoms with van der Waals surface area (Å²) in [5.41, 5.74) is 8.91. The first-order valence-electron chi connectivity index (χ1n) is 9.74. The van der Waals surface area contributed by atoms with E-state index in [9.17, 15) is 20.4 Å². The fourth-order valence-electron chi connectivity index (χ4n) is 3.37. The summed E-state index contributed by atoms with van der Waals surface area (Å²) in [4.78, 5) is 8.59. The van der Waals surface area contributed by atoms with Gasteiger partial charge < -0.3 is 35.6 Å². The summed E-state index contributed by atoms with van der Waals surface area (Å²) in [5, 5.41) is 39.1. The molecule has 162 valence electrons. The van der Waals surface area contributed by atoms with E-state index in [0.717, 1.165) is 11.1 Å². The van der Waals surface area contributed by atoms with Crippen LogP contribution in [0.2, 0.25) is 0 Å². The average Bonchev–Trinajstić information content (AvgIpc) is 2.80. The standard InChI is InChI=1S/C22H23N3O6/c23-22-24-15(12-4-2-1-3-5-12)10-16(25-22)13-6-8-14(9-7-13)30-21-20(29)19(28)18(27)17(11-26)31-21/h1-10,17-21,26-29H,11H2,(H2,23,24,25). The van der Waals surface area contributed by atoms with Crippen LogP contribution in [-0.2, 0) is 4.74 Å². The largest absolute Gasteiger partial charge is 0.462 e. The van der Waals surface area contributed by atoms with Gasteiger partial charge in [-0.3, -0.25) is 0 Å². The zero-order chi connectivity index (χ0) is 22.0. The molecule has 1 saturated heterocycles. The molecule has 9 nitrogen and oxygen atoms in total. The Bertz CT molecular complexity index is 1020. The van der Waals surface area contributed by atoms with E-state index in [2.05, 4.69) is 9.97 Å². The molecule has 0 radical (unpaired) electrons. The van der Waals surface area contributed by atoms with Crippen molar-refractivity contribution in [2.75, 3.05) is 12.3 Å². The number of nitrogens with zero attached hydrogens (tertiary/aromatic N) is 2. The van der Waals surface area contributed by atoms with Crippen molar-refractivity contribution in [1.82, 2.24) is 9.97 Å². The number of benzene rings is 2. The Labute approximate surface area is 178 Å². The van der Waals surface area contributed by atoms with Crippen molar-refractivity contribution in [1.29, 1.82) is 0 Å². The number of aliphatic hydroxyl groups is 4. The van der Waals surface area contributed by atoms with Crippen LogP contribution in [0.1, 0.15) is 0 Å². The molecule has 0 amide bonds. The smallest absolute Gasteiger partial charge is 0.229 e. The highest BCUT2D eigenvalue weighted by Crippen LogP contribution is 2.28. The van der Waals surface area contributed by atoms with Gasteiger partial charge in [0.05, 0.1) is 18.0 Å². The minimum absolute atomic E-state index is 0.151. The van der Waals surface area contributed by atoms with Crippen molar-refractivity contribution in [3.63, 3.8) is 0 Å². The van der Waals surface area contributed by atoms with Crippen LogP contribution in [0.15, 0.2) is 60.7 Å². The number of nitrogen functional groups attached to an aromatic ring is 1. The summed E-state index contributed by atoms with van der Waals surface area (Å²) < 4.78 is 11.0. The number of hydrogen-bond donors (Lipinski definition) is 5. The first-order valence-corrected chi connectivity index (χ1v) is 9.74. The van der Waals surface area contributed by atoms with Crippen molar-refractivity contribution in [3.8, 4) is 28.3 Å². The number of anilines is 1. The Balaban J connectivity index is 1.53. The molecule has 1 fully saturated rings. The molecule has 3 aromatic rings. The Morgan fingerprint density at radius 1 is 0.839 bits per heavy atom. The number of hydrogen-bond acceptors (Lipinski definition) is 9. The molecule has 1 aliphatic heterocycles. The molecule has 2 heterocycles. The predicted molar refractivity (Wildman–Crippen MR) is 112 cm³/mol. The molecule has 9 heteroatoms. The first kappa shape index (κ1) is 21.2. The van der Waals surface area contributed by atoms with Crippen LogP contribution in [0.3, 0.4) is 0 Å². The zero-order valence-corrected chi connectivity index (χ0v) is 16.4. The molecule has 4 rings (SSSR count). The SMILES string of the molecule is Nc1nc(-c2ccccc2)cc(-c2ccc(OC3OC(CO)C(O)C(O)C3O)cc2)n1. The van der Waals surface area contributed by atoms with Crippen molar-refractivity contribution in [3.05, 3.63) is 60.7 Å². The predicted octanol–water partition coefficient (Wildman–Crippen LogP) is 0.571. The minimum atomic E-state index is -1.50. The van der Waals surface area contributed by atoms with Gasteiger partial charge in [0, 0.05) is 11.1 Å². The van der Waals surface area contributed by atoms with Crippen molar-refractivity contribution in [2.45, 2.75) is 30.7 Å². The van der Waals surface area contributed by atoms with Gasteiger partial charge >= 0.3 is 0 Å². The minimum Gasteiger partial charge on any atom is -0.462 e. The van der Waals surface area contributed by atoms with Gasteiger partial charge in [0.1, 0.15) is 30.2 Å². The second-order valence-corrected chi connectivity index (χ2v) is 7.20. The molecule has 6 N–H and O–H groups in total. The second-order valence-electron chi connectivity index (χ2n) is 7.20. The lowest BCUT2D eigenvalue weighted by atomic mass is 9.99. The van der Waals surface area contributed by atoms with Gasteiger partial charge in [0.2, 0.25) is 12.2 Å². The maximum Gasteiger partial charge on any atom is 0.229 e. The van der Waals surface area contributed by atoms with E-state index >= 15 is 0 Å². The maximum atomic E-state index is 10.1. The number of aromatic nitrogens is 2. The lowest BCUT2D eigenvalue weighted by Crippen LogP contribution is -2.60. The number of ether oxygens (including phenoxy) is 2. The maximum absolute atomic E-state index is 10.1. The third-order valence-electron chi connectivity index (χ3n) is 5.06. The van der Waals surface area contributed by atoms with Crippen LogP contribution >= 0.6 is 0 Å². The molecule has 2 aromatic carbocycles. The van der Waals surface area contributed by atoms with Crippen LogP contribution in [0.4, 0.5) is 5.95 Å². The molecule has 0 saturated carbocycles. The van der Waals surface area contributed by atoms with Crippen LogP contribution in [0.5, 0.6) is 5.75 Å². The number of aliphatic hydroxyl groups excluding tert-OH is 4. The summed E-state index contributed by atoms with van der Waals surface area (Å²) in [6.07, 6.45) is -6.71. The van der Waals surface area contributed by atoms with Crippen LogP contribution in [0.25, 0.3) is 22.5 Å². The number of rotatable bonds is 5. The highest BCUT2D eigenvalue weighted by atomic mass is 16.7. The Morgan fingerprint density at radius 3 is 2.06 bits per heavy atom. The van der Waals surface area contributed by atoms with E-state index < -0.39 is 37.3 Å². The molecular weight excluding hydrogens is 402 g/mol. The van der Waals surface area contributed by atoms with E-state index in [0.29, 0.717) is 17.1 Å². The third kappa shape index (κ3) is 4.50. The molecular formula is C22H23N3O6. The molecule has 0 bridgehead atoms. The van der Waals surface area contributed by atoms with Gasteiger partial charge in [0.15, 0.2) is 0 Å². The monoisotopic (exact) mass is 425 g/mol. The van der Waals surface area contributed by atoms with Crippen molar-refractivity contribution < 1.29 is 29.9 Å². The van der Waals surface area contributed by atoms with E-state index in [4.69, 9.17) is 15.2 Å². The lowest BCUT2D eigenvalue weighted by Gasteiger charge is -2.39. The molecule has 5 atom stereocenters. The van der Waals surface area contributed by atoms with Crippen LogP contribution in [-0.4, -0.2) is 67.7 Å². The van der Waals surface area contributed by atoms with Crippen LogP contribution < -0.4 is 10.5 Å². The van der Waals surface area contributed by atoms with E-state index in [-0.39, 0.29) is 5.95 Å². The highest BCUT2D eigenvalue weighted by molar-refractivity contribution is 5.69. The van der Waals surface area contributed by atoms with Gasteiger partial charge in [0.25, 0.3) is 0 Å². The van der Waals surface area contributed by atoms with Gasteiger partial charge in [-0.2, -0.15) is 0 Å². The molecule has 5 unspecified atom stereocenters. The van der Waals surface area contributed by atoms with E-state index in [1.165, 1.54) is 0 Å². The Hall–Kier alpha value is -3.08. The molecule has 31 heavy (non-hydrogen) atoms. The summed E-state index contributed by atoms with van der Waals surface area (Å²) in [7, 11) is 0. The summed E-state index contributed by atoms with van der Waals surface area (Å²) in [6.45, 7) is -0.525. The summed E-state index contributed by atoms with van der Waals surface area (Å²) in [5.74, 6) is 0.511. The molecule has 0 aliphatic carbocycles. The fourth-order valence-corrected chi connectivity index (χ4v) is 3.37. The van der Waals surface area contributed by atoms with Gasteiger partial charge in [-0.15, -0.1) is 0 Å². The Morgan fingerprint density at radius 2 is 1.45 bits per heavy atom. The lowest BCUT2D eigenvalue weighted by molar-refractivity contribution is -0.277. The summed E-state index contributed by atoms with van der Waals surface area (Å²) in [6, 6.07) is 18.3. The molecule has 1 aromatic heterocycles. The average molecular weight is 425 g/mol. The normalized spacial score (nSPS) is 25.9. The molecule has 0 spiro atoms.